The zero-order chi connectivity index (χ0) is 17.9. The topological polar surface area (TPSA) is 90.3 Å². The van der Waals surface area contributed by atoms with Crippen LogP contribution in [0, 0.1) is 13.8 Å². The zero-order valence-corrected chi connectivity index (χ0v) is 14.8. The number of thiophene rings is 1. The largest absolute Gasteiger partial charge is 0.462 e. The number of carbonyl (C=O) groups is 3. The summed E-state index contributed by atoms with van der Waals surface area (Å²) in [4.78, 5) is 36.5. The molecule has 1 N–H and O–H groups in total. The van der Waals surface area contributed by atoms with E-state index in [1.54, 1.807) is 26.2 Å². The van der Waals surface area contributed by atoms with Crippen molar-refractivity contribution in [2.45, 2.75) is 34.2 Å². The number of rotatable bonds is 6. The molecule has 7 nitrogen and oxygen atoms in total. The number of Topliss-reactive ketones (excluding diaryl/α,β-unsaturated/α-hetero) is 1. The van der Waals surface area contributed by atoms with Crippen molar-refractivity contribution < 1.29 is 19.1 Å². The monoisotopic (exact) mass is 349 g/mol. The summed E-state index contributed by atoms with van der Waals surface area (Å²) in [5, 5.41) is 7.06. The Balaban J connectivity index is 2.27. The normalized spacial score (nSPS) is 10.5. The molecule has 0 saturated carbocycles. The highest BCUT2D eigenvalue weighted by Crippen LogP contribution is 2.34. The van der Waals surface area contributed by atoms with E-state index in [9.17, 15) is 14.4 Å². The summed E-state index contributed by atoms with van der Waals surface area (Å²) in [6.07, 6.45) is 3.40. The second kappa shape index (κ2) is 7.39. The Kier molecular flexibility index (Phi) is 5.50. The number of ketones is 1. The minimum atomic E-state index is -0.552. The summed E-state index contributed by atoms with van der Waals surface area (Å²) in [6.45, 7) is 6.90. The molecule has 0 aliphatic carbocycles. The zero-order valence-electron chi connectivity index (χ0n) is 14.0. The fraction of sp³-hybridized carbons (Fsp3) is 0.375. The van der Waals surface area contributed by atoms with Crippen LogP contribution in [0.2, 0.25) is 0 Å². The van der Waals surface area contributed by atoms with Gasteiger partial charge in [-0.25, -0.2) is 4.79 Å². The highest BCUT2D eigenvalue weighted by atomic mass is 32.1. The van der Waals surface area contributed by atoms with Crippen LogP contribution in [0.5, 0.6) is 0 Å². The van der Waals surface area contributed by atoms with Gasteiger partial charge in [-0.3, -0.25) is 14.3 Å². The summed E-state index contributed by atoms with van der Waals surface area (Å²) < 4.78 is 6.53. The van der Waals surface area contributed by atoms with Crippen LogP contribution in [-0.2, 0) is 16.1 Å². The van der Waals surface area contributed by atoms with E-state index in [-0.39, 0.29) is 30.4 Å². The predicted molar refractivity (Wildman–Crippen MR) is 90.6 cm³/mol. The maximum absolute atomic E-state index is 12.2. The van der Waals surface area contributed by atoms with Crippen molar-refractivity contribution in [1.82, 2.24) is 9.78 Å². The van der Waals surface area contributed by atoms with Crippen LogP contribution < -0.4 is 5.32 Å². The van der Waals surface area contributed by atoms with Gasteiger partial charge < -0.3 is 10.1 Å². The molecule has 2 aromatic heterocycles. The van der Waals surface area contributed by atoms with Crippen molar-refractivity contribution >= 4 is 34.0 Å². The van der Waals surface area contributed by atoms with Crippen LogP contribution in [0.3, 0.4) is 0 Å². The van der Waals surface area contributed by atoms with Crippen LogP contribution in [0.25, 0.3) is 0 Å². The molecule has 0 aliphatic rings. The number of amides is 1. The van der Waals surface area contributed by atoms with Crippen LogP contribution >= 0.6 is 11.3 Å². The molecule has 0 radical (unpaired) electrons. The van der Waals surface area contributed by atoms with Crippen molar-refractivity contribution in [2.75, 3.05) is 11.9 Å². The lowest BCUT2D eigenvalue weighted by atomic mass is 10.1. The third-order valence-electron chi connectivity index (χ3n) is 3.27. The van der Waals surface area contributed by atoms with Gasteiger partial charge in [0.1, 0.15) is 11.5 Å². The summed E-state index contributed by atoms with van der Waals surface area (Å²) >= 11 is 1.08. The van der Waals surface area contributed by atoms with Crippen molar-refractivity contribution in [3.05, 3.63) is 34.0 Å². The lowest BCUT2D eigenvalue weighted by molar-refractivity contribution is -0.116. The molecule has 0 fully saturated rings. The summed E-state index contributed by atoms with van der Waals surface area (Å²) in [5.41, 5.74) is 1.70. The first-order chi connectivity index (χ1) is 11.3. The number of aryl methyl sites for hydroxylation is 1. The summed E-state index contributed by atoms with van der Waals surface area (Å²) in [6, 6.07) is 0. The van der Waals surface area contributed by atoms with E-state index in [1.807, 2.05) is 6.92 Å². The molecule has 2 rings (SSSR count). The molecule has 8 heteroatoms. The highest BCUT2D eigenvalue weighted by molar-refractivity contribution is 7.18. The summed E-state index contributed by atoms with van der Waals surface area (Å²) in [5.74, 6) is -1.05. The summed E-state index contributed by atoms with van der Waals surface area (Å²) in [7, 11) is 0. The first kappa shape index (κ1) is 17.9. The van der Waals surface area contributed by atoms with Gasteiger partial charge >= 0.3 is 5.97 Å². The molecular formula is C16H19N3O4S. The van der Waals surface area contributed by atoms with Gasteiger partial charge in [0.25, 0.3) is 0 Å². The molecule has 0 unspecified atom stereocenters. The Hall–Kier alpha value is -2.48. The number of nitrogens with zero attached hydrogens (tertiary/aromatic N) is 2. The smallest absolute Gasteiger partial charge is 0.341 e. The Morgan fingerprint density at radius 2 is 2.04 bits per heavy atom. The maximum Gasteiger partial charge on any atom is 0.341 e. The van der Waals surface area contributed by atoms with Crippen LogP contribution in [0.1, 0.15) is 45.0 Å². The van der Waals surface area contributed by atoms with Gasteiger partial charge in [0.05, 0.1) is 23.2 Å². The molecule has 128 valence electrons. The van der Waals surface area contributed by atoms with Gasteiger partial charge in [0, 0.05) is 6.20 Å². The molecule has 0 spiro atoms. The Morgan fingerprint density at radius 3 is 2.58 bits per heavy atom. The number of ether oxygens (including phenoxy) is 1. The molecular weight excluding hydrogens is 330 g/mol. The van der Waals surface area contributed by atoms with E-state index in [4.69, 9.17) is 4.74 Å². The van der Waals surface area contributed by atoms with Crippen molar-refractivity contribution in [3.63, 3.8) is 0 Å². The number of carbonyl (C=O) groups excluding carboxylic acids is 3. The Bertz CT molecular complexity index is 791. The minimum absolute atomic E-state index is 0.0163. The van der Waals surface area contributed by atoms with Crippen molar-refractivity contribution in [2.24, 2.45) is 0 Å². The van der Waals surface area contributed by atoms with Crippen LogP contribution in [0.4, 0.5) is 5.00 Å². The molecule has 1 amide bonds. The molecule has 2 heterocycles. The lowest BCUT2D eigenvalue weighted by Gasteiger charge is -2.07. The van der Waals surface area contributed by atoms with E-state index in [2.05, 4.69) is 10.4 Å². The number of hydrogen-bond donors (Lipinski definition) is 1. The fourth-order valence-electron chi connectivity index (χ4n) is 2.25. The van der Waals surface area contributed by atoms with Gasteiger partial charge in [-0.15, -0.1) is 11.3 Å². The third-order valence-corrected chi connectivity index (χ3v) is 4.58. The number of anilines is 1. The SMILES string of the molecule is CCOC(=O)c1c(NC(=O)Cn2cc(C)cn2)sc(C(C)=O)c1C. The van der Waals surface area contributed by atoms with E-state index in [0.717, 1.165) is 16.9 Å². The van der Waals surface area contributed by atoms with Crippen LogP contribution in [0.15, 0.2) is 12.4 Å². The molecule has 0 aromatic carbocycles. The van der Waals surface area contributed by atoms with Gasteiger partial charge in [0.2, 0.25) is 5.91 Å². The first-order valence-corrected chi connectivity index (χ1v) is 8.25. The number of hydrogen-bond acceptors (Lipinski definition) is 6. The molecule has 0 saturated heterocycles. The maximum atomic E-state index is 12.2. The molecule has 0 aliphatic heterocycles. The Labute approximate surface area is 143 Å². The fourth-order valence-corrected chi connectivity index (χ4v) is 3.36. The molecule has 0 bridgehead atoms. The van der Waals surface area contributed by atoms with Gasteiger partial charge in [-0.05, 0) is 38.8 Å². The second-order valence-electron chi connectivity index (χ2n) is 5.30. The van der Waals surface area contributed by atoms with Crippen LogP contribution in [-0.4, -0.2) is 34.0 Å². The van der Waals surface area contributed by atoms with Gasteiger partial charge in [-0.1, -0.05) is 0 Å². The van der Waals surface area contributed by atoms with E-state index in [1.165, 1.54) is 11.6 Å². The average Bonchev–Trinajstić information content (AvgIpc) is 3.02. The lowest BCUT2D eigenvalue weighted by Crippen LogP contribution is -2.20. The standard InChI is InChI=1S/C16H19N3O4S/c1-5-23-16(22)13-10(3)14(11(4)20)24-15(13)18-12(21)8-19-7-9(2)6-17-19/h6-7H,5,8H2,1-4H3,(H,18,21). The van der Waals surface area contributed by atoms with Crippen molar-refractivity contribution in [1.29, 1.82) is 0 Å². The number of aromatic nitrogens is 2. The van der Waals surface area contributed by atoms with Gasteiger partial charge in [0.15, 0.2) is 5.78 Å². The van der Waals surface area contributed by atoms with E-state index in [0.29, 0.717) is 15.4 Å². The quantitative estimate of drug-likeness (QED) is 0.639. The average molecular weight is 349 g/mol. The second-order valence-corrected chi connectivity index (χ2v) is 6.32. The van der Waals surface area contributed by atoms with E-state index < -0.39 is 5.97 Å². The molecule has 24 heavy (non-hydrogen) atoms. The molecule has 2 aromatic rings. The Morgan fingerprint density at radius 1 is 1.33 bits per heavy atom. The van der Waals surface area contributed by atoms with Crippen molar-refractivity contribution in [3.8, 4) is 0 Å². The molecule has 0 atom stereocenters. The minimum Gasteiger partial charge on any atom is -0.462 e. The predicted octanol–water partition coefficient (Wildman–Crippen LogP) is 2.58. The number of nitrogens with one attached hydrogen (secondary N) is 1. The van der Waals surface area contributed by atoms with Gasteiger partial charge in [-0.2, -0.15) is 5.10 Å². The third kappa shape index (κ3) is 3.88. The first-order valence-electron chi connectivity index (χ1n) is 7.43. The van der Waals surface area contributed by atoms with E-state index >= 15 is 0 Å². The number of esters is 1. The highest BCUT2D eigenvalue weighted by Gasteiger charge is 2.25.